The summed E-state index contributed by atoms with van der Waals surface area (Å²) in [6.07, 6.45) is 7.34. The van der Waals surface area contributed by atoms with Gasteiger partial charge in [-0.05, 0) is 49.3 Å². The highest BCUT2D eigenvalue weighted by atomic mass is 32.2. The van der Waals surface area contributed by atoms with E-state index in [0.29, 0.717) is 0 Å². The molecule has 1 aromatic carbocycles. The molecule has 0 bridgehead atoms. The third kappa shape index (κ3) is 3.17. The molecular formula is C16H22N2S2. The maximum Gasteiger partial charge on any atom is 0.161 e. The number of thioether (sulfide) groups is 2. The van der Waals surface area contributed by atoms with Crippen molar-refractivity contribution in [1.82, 2.24) is 0 Å². The van der Waals surface area contributed by atoms with E-state index >= 15 is 0 Å². The van der Waals surface area contributed by atoms with Gasteiger partial charge in [0.1, 0.15) is 0 Å². The lowest BCUT2D eigenvalue weighted by Crippen LogP contribution is -2.33. The average Bonchev–Trinajstić information content (AvgIpc) is 2.82. The molecule has 3 rings (SSSR count). The zero-order valence-electron chi connectivity index (χ0n) is 12.2. The first kappa shape index (κ1) is 14.3. The van der Waals surface area contributed by atoms with Gasteiger partial charge in [-0.2, -0.15) is 0 Å². The van der Waals surface area contributed by atoms with Crippen LogP contribution in [0.15, 0.2) is 34.2 Å². The summed E-state index contributed by atoms with van der Waals surface area (Å²) in [7, 11) is 0. The minimum Gasteiger partial charge on any atom is -0.335 e. The molecule has 1 spiro atoms. The minimum absolute atomic E-state index is 0.226. The molecule has 2 aliphatic rings. The van der Waals surface area contributed by atoms with Crippen LogP contribution in [0.1, 0.15) is 32.6 Å². The van der Waals surface area contributed by atoms with Crippen LogP contribution in [0, 0.1) is 5.92 Å². The van der Waals surface area contributed by atoms with Gasteiger partial charge >= 0.3 is 0 Å². The summed E-state index contributed by atoms with van der Waals surface area (Å²) in [5.74, 6) is 1.98. The van der Waals surface area contributed by atoms with Crippen molar-refractivity contribution in [3.05, 3.63) is 24.3 Å². The third-order valence-corrected chi connectivity index (χ3v) is 6.12. The molecule has 1 aliphatic heterocycles. The van der Waals surface area contributed by atoms with Gasteiger partial charge in [-0.25, -0.2) is 0 Å². The summed E-state index contributed by atoms with van der Waals surface area (Å²) in [5.41, 5.74) is 1.37. The maximum absolute atomic E-state index is 5.03. The van der Waals surface area contributed by atoms with E-state index in [4.69, 9.17) is 4.99 Å². The SMILES string of the molecule is CSc1ccc(NC2=NC3(CCCC(C)C3)CS2)cc1. The molecule has 2 unspecified atom stereocenters. The molecule has 1 heterocycles. The van der Waals surface area contributed by atoms with Crippen LogP contribution in [0.5, 0.6) is 0 Å². The van der Waals surface area contributed by atoms with Crippen molar-refractivity contribution >= 4 is 34.4 Å². The van der Waals surface area contributed by atoms with Gasteiger partial charge in [0, 0.05) is 16.3 Å². The highest BCUT2D eigenvalue weighted by molar-refractivity contribution is 8.14. The second kappa shape index (κ2) is 6.02. The first-order chi connectivity index (χ1) is 9.69. The molecule has 1 N–H and O–H groups in total. The Morgan fingerprint density at radius 1 is 1.35 bits per heavy atom. The Kier molecular flexibility index (Phi) is 4.32. The van der Waals surface area contributed by atoms with Gasteiger partial charge in [0.2, 0.25) is 0 Å². The molecule has 0 radical (unpaired) electrons. The van der Waals surface area contributed by atoms with Crippen LogP contribution in [0.2, 0.25) is 0 Å². The lowest BCUT2D eigenvalue weighted by molar-refractivity contribution is 0.266. The number of nitrogens with zero attached hydrogens (tertiary/aromatic N) is 1. The molecule has 20 heavy (non-hydrogen) atoms. The van der Waals surface area contributed by atoms with Crippen LogP contribution >= 0.6 is 23.5 Å². The molecule has 0 amide bonds. The minimum atomic E-state index is 0.226. The van der Waals surface area contributed by atoms with E-state index in [9.17, 15) is 0 Å². The molecule has 1 aliphatic carbocycles. The van der Waals surface area contributed by atoms with Crippen molar-refractivity contribution in [3.63, 3.8) is 0 Å². The Morgan fingerprint density at radius 3 is 2.85 bits per heavy atom. The largest absolute Gasteiger partial charge is 0.335 e. The molecule has 2 atom stereocenters. The summed E-state index contributed by atoms with van der Waals surface area (Å²) < 4.78 is 0. The number of hydrogen-bond acceptors (Lipinski definition) is 4. The Balaban J connectivity index is 1.68. The van der Waals surface area contributed by atoms with Crippen molar-refractivity contribution < 1.29 is 0 Å². The second-order valence-electron chi connectivity index (χ2n) is 5.98. The van der Waals surface area contributed by atoms with Gasteiger partial charge in [-0.1, -0.05) is 31.5 Å². The Hall–Kier alpha value is -0.610. The number of benzene rings is 1. The number of amidine groups is 1. The molecule has 1 fully saturated rings. The highest BCUT2D eigenvalue weighted by Gasteiger charge is 2.39. The van der Waals surface area contributed by atoms with Crippen molar-refractivity contribution in [2.24, 2.45) is 10.9 Å². The maximum atomic E-state index is 5.03. The summed E-state index contributed by atoms with van der Waals surface area (Å²) >= 11 is 3.66. The number of hydrogen-bond donors (Lipinski definition) is 1. The number of aliphatic imine (C=N–C) groups is 1. The third-order valence-electron chi connectivity index (χ3n) is 4.23. The zero-order chi connectivity index (χ0) is 14.0. The first-order valence-electron chi connectivity index (χ1n) is 7.33. The van der Waals surface area contributed by atoms with E-state index < -0.39 is 0 Å². The molecular weight excluding hydrogens is 284 g/mol. The van der Waals surface area contributed by atoms with Gasteiger partial charge in [-0.3, -0.25) is 4.99 Å². The monoisotopic (exact) mass is 306 g/mol. The fraction of sp³-hybridized carbons (Fsp3) is 0.562. The van der Waals surface area contributed by atoms with Crippen LogP contribution < -0.4 is 5.32 Å². The molecule has 2 nitrogen and oxygen atoms in total. The molecule has 1 saturated carbocycles. The topological polar surface area (TPSA) is 24.4 Å². The number of rotatable bonds is 2. The van der Waals surface area contributed by atoms with E-state index in [0.717, 1.165) is 22.5 Å². The van der Waals surface area contributed by atoms with Crippen molar-refractivity contribution in [2.45, 2.75) is 43.0 Å². The van der Waals surface area contributed by atoms with E-state index in [2.05, 4.69) is 42.8 Å². The molecule has 108 valence electrons. The van der Waals surface area contributed by atoms with E-state index in [1.54, 1.807) is 11.8 Å². The van der Waals surface area contributed by atoms with Gasteiger partial charge < -0.3 is 5.32 Å². The van der Waals surface area contributed by atoms with E-state index in [1.165, 1.54) is 30.6 Å². The highest BCUT2D eigenvalue weighted by Crippen LogP contribution is 2.42. The summed E-state index contributed by atoms with van der Waals surface area (Å²) in [6.45, 7) is 2.37. The Labute approximate surface area is 130 Å². The predicted molar refractivity (Wildman–Crippen MR) is 92.1 cm³/mol. The molecule has 0 saturated heterocycles. The van der Waals surface area contributed by atoms with Crippen molar-refractivity contribution in [2.75, 3.05) is 17.3 Å². The predicted octanol–water partition coefficient (Wildman–Crippen LogP) is 4.87. The average molecular weight is 306 g/mol. The quantitative estimate of drug-likeness (QED) is 0.789. The lowest BCUT2D eigenvalue weighted by Gasteiger charge is -2.33. The van der Waals surface area contributed by atoms with E-state index in [1.807, 2.05) is 11.8 Å². The van der Waals surface area contributed by atoms with E-state index in [-0.39, 0.29) is 5.54 Å². The molecule has 4 heteroatoms. The van der Waals surface area contributed by atoms with Gasteiger partial charge in [0.05, 0.1) is 5.54 Å². The second-order valence-corrected chi connectivity index (χ2v) is 7.83. The molecule has 0 aromatic heterocycles. The fourth-order valence-corrected chi connectivity index (χ4v) is 4.80. The normalized spacial score (nSPS) is 29.5. The molecule has 1 aromatic rings. The lowest BCUT2D eigenvalue weighted by atomic mass is 9.78. The van der Waals surface area contributed by atoms with Crippen LogP contribution in [0.3, 0.4) is 0 Å². The standard InChI is InChI=1S/C16H22N2S2/c1-12-4-3-9-16(10-12)11-20-15(18-16)17-13-5-7-14(19-2)8-6-13/h5-8,12H,3-4,9-11H2,1-2H3,(H,17,18). The van der Waals surface area contributed by atoms with Gasteiger partial charge in [-0.15, -0.1) is 11.8 Å². The smallest absolute Gasteiger partial charge is 0.161 e. The Morgan fingerprint density at radius 2 is 2.15 bits per heavy atom. The van der Waals surface area contributed by atoms with Gasteiger partial charge in [0.15, 0.2) is 5.17 Å². The summed E-state index contributed by atoms with van der Waals surface area (Å²) in [4.78, 5) is 6.33. The van der Waals surface area contributed by atoms with Crippen LogP contribution in [0.25, 0.3) is 0 Å². The Bertz CT molecular complexity index is 498. The van der Waals surface area contributed by atoms with Crippen molar-refractivity contribution in [3.8, 4) is 0 Å². The summed E-state index contributed by atoms with van der Waals surface area (Å²) in [6, 6.07) is 8.60. The van der Waals surface area contributed by atoms with Gasteiger partial charge in [0.25, 0.3) is 0 Å². The first-order valence-corrected chi connectivity index (χ1v) is 9.54. The fourth-order valence-electron chi connectivity index (χ4n) is 3.21. The zero-order valence-corrected chi connectivity index (χ0v) is 13.8. The number of nitrogens with one attached hydrogen (secondary N) is 1. The summed E-state index contributed by atoms with van der Waals surface area (Å²) in [5, 5.41) is 4.59. The van der Waals surface area contributed by atoms with Crippen LogP contribution in [0.4, 0.5) is 5.69 Å². The number of anilines is 1. The van der Waals surface area contributed by atoms with Crippen LogP contribution in [-0.2, 0) is 0 Å². The van der Waals surface area contributed by atoms with Crippen molar-refractivity contribution in [1.29, 1.82) is 0 Å². The van der Waals surface area contributed by atoms with Crippen LogP contribution in [-0.4, -0.2) is 22.7 Å².